The van der Waals surface area contributed by atoms with Crippen molar-refractivity contribution in [2.24, 2.45) is 17.8 Å². The summed E-state index contributed by atoms with van der Waals surface area (Å²) >= 11 is 0. The molecule has 0 amide bonds. The molecule has 10 heteroatoms. The van der Waals surface area contributed by atoms with Crippen LogP contribution in [0.2, 0.25) is 0 Å². The molecule has 0 bridgehead atoms. The third kappa shape index (κ3) is 19.0. The van der Waals surface area contributed by atoms with Gasteiger partial charge >= 0.3 is 17.1 Å². The fourth-order valence-electron chi connectivity index (χ4n) is 5.51. The fraction of sp³-hybridized carbons (Fsp3) is 1.00. The molecule has 3 aliphatic carbocycles. The van der Waals surface area contributed by atoms with Crippen LogP contribution in [0.4, 0.5) is 0 Å². The van der Waals surface area contributed by atoms with E-state index in [-0.39, 0.29) is 17.1 Å². The summed E-state index contributed by atoms with van der Waals surface area (Å²) in [5.41, 5.74) is 0. The van der Waals surface area contributed by atoms with Crippen LogP contribution in [0.5, 0.6) is 0 Å². The molecule has 37 heavy (non-hydrogen) atoms. The van der Waals surface area contributed by atoms with Gasteiger partial charge in [-0.1, -0.05) is 97.8 Å². The van der Waals surface area contributed by atoms with Gasteiger partial charge in [-0.15, -0.1) is 0 Å². The predicted molar refractivity (Wildman–Crippen MR) is 149 cm³/mol. The zero-order valence-electron chi connectivity index (χ0n) is 23.7. The third-order valence-electron chi connectivity index (χ3n) is 8.50. The molecule has 0 aliphatic heterocycles. The molecule has 0 saturated heterocycles. The molecule has 6 nitrogen and oxygen atoms in total. The van der Waals surface area contributed by atoms with E-state index in [0.717, 1.165) is 19.3 Å². The summed E-state index contributed by atoms with van der Waals surface area (Å²) in [6.45, 7) is 5.22. The molecule has 221 valence electrons. The van der Waals surface area contributed by atoms with Crippen LogP contribution < -0.4 is 14.7 Å². The minimum atomic E-state index is -2.98. The summed E-state index contributed by atoms with van der Waals surface area (Å²) in [5.74, 6) is 2.12. The Balaban J connectivity index is 0.000000518. The van der Waals surface area contributed by atoms with Gasteiger partial charge in [-0.05, 0) is 74.0 Å². The Morgan fingerprint density at radius 1 is 0.486 bits per heavy atom. The maximum atomic E-state index is 11.2. The van der Waals surface area contributed by atoms with E-state index in [1.54, 1.807) is 20.8 Å². The van der Waals surface area contributed by atoms with Gasteiger partial charge in [0, 0.05) is 22.1 Å². The molecule has 3 atom stereocenters. The first-order valence-corrected chi connectivity index (χ1v) is 20.8. The van der Waals surface area contributed by atoms with Crippen LogP contribution in [0.25, 0.3) is 0 Å². The van der Waals surface area contributed by atoms with Gasteiger partial charge in [0.25, 0.3) is 0 Å². The molecule has 3 rings (SSSR count). The van der Waals surface area contributed by atoms with Crippen LogP contribution in [0.1, 0.15) is 117 Å². The molecular formula is C27H54FeO6P3. The monoisotopic (exact) mass is 623 g/mol. The summed E-state index contributed by atoms with van der Waals surface area (Å²) in [6, 6.07) is 0. The van der Waals surface area contributed by atoms with E-state index in [1.807, 2.05) is 0 Å². The molecule has 0 aromatic heterocycles. The molecule has 0 aromatic rings. The molecular weight excluding hydrogens is 569 g/mol. The Morgan fingerprint density at radius 3 is 0.838 bits per heavy atom. The van der Waals surface area contributed by atoms with Crippen molar-refractivity contribution in [1.29, 1.82) is 0 Å². The average Bonchev–Trinajstić information content (AvgIpc) is 3.65. The van der Waals surface area contributed by atoms with Crippen LogP contribution in [-0.4, -0.2) is 37.0 Å². The van der Waals surface area contributed by atoms with Crippen molar-refractivity contribution >= 4 is 22.1 Å². The van der Waals surface area contributed by atoms with Crippen molar-refractivity contribution in [3.63, 3.8) is 0 Å². The fourth-order valence-corrected chi connectivity index (χ4v) is 8.73. The molecule has 3 unspecified atom stereocenters. The van der Waals surface area contributed by atoms with Gasteiger partial charge < -0.3 is 28.4 Å². The van der Waals surface area contributed by atoms with Gasteiger partial charge in [0.2, 0.25) is 0 Å². The average molecular weight is 623 g/mol. The van der Waals surface area contributed by atoms with Crippen molar-refractivity contribution < 1.29 is 45.4 Å². The first-order valence-electron chi connectivity index (χ1n) is 14.8. The van der Waals surface area contributed by atoms with E-state index >= 15 is 0 Å². The summed E-state index contributed by atoms with van der Waals surface area (Å²) in [4.78, 5) is 33.6. The minimum Gasteiger partial charge on any atom is -0.799 e. The SMILES string of the molecule is CCP(=O)([O-])CCC1CCCC1.CCP(=O)([O-])CCC1CCCC1.CCP(=O)([O-])CCC1CCCC1.[Fe+3]. The zero-order valence-corrected chi connectivity index (χ0v) is 27.5. The summed E-state index contributed by atoms with van der Waals surface area (Å²) in [7, 11) is -8.93. The second-order valence-corrected chi connectivity index (χ2v) is 19.5. The Hall–Kier alpha value is 1.09. The molecule has 0 heterocycles. The van der Waals surface area contributed by atoms with E-state index in [2.05, 4.69) is 0 Å². The number of hydrogen-bond donors (Lipinski definition) is 0. The largest absolute Gasteiger partial charge is 3.00 e. The van der Waals surface area contributed by atoms with Gasteiger partial charge in [0.1, 0.15) is 0 Å². The van der Waals surface area contributed by atoms with Crippen LogP contribution in [0.3, 0.4) is 0 Å². The van der Waals surface area contributed by atoms with E-state index in [9.17, 15) is 28.4 Å². The normalized spacial score (nSPS) is 23.5. The van der Waals surface area contributed by atoms with Gasteiger partial charge in [-0.3, -0.25) is 0 Å². The summed E-state index contributed by atoms with van der Waals surface area (Å²) < 4.78 is 33.6. The van der Waals surface area contributed by atoms with Crippen LogP contribution in [0.15, 0.2) is 0 Å². The van der Waals surface area contributed by atoms with Crippen molar-refractivity contribution in [1.82, 2.24) is 0 Å². The Kier molecular flexibility index (Phi) is 20.6. The van der Waals surface area contributed by atoms with Crippen molar-refractivity contribution in [3.05, 3.63) is 0 Å². The molecule has 3 saturated carbocycles. The molecule has 0 N–H and O–H groups in total. The van der Waals surface area contributed by atoms with E-state index < -0.39 is 22.1 Å². The Labute approximate surface area is 238 Å². The maximum absolute atomic E-state index is 11.2. The maximum Gasteiger partial charge on any atom is 3.00 e. The van der Waals surface area contributed by atoms with Crippen molar-refractivity contribution in [3.8, 4) is 0 Å². The Bertz CT molecular complexity index is 622. The second-order valence-electron chi connectivity index (χ2n) is 11.4. The van der Waals surface area contributed by atoms with Crippen LogP contribution in [0, 0.1) is 17.8 Å². The van der Waals surface area contributed by atoms with E-state index in [4.69, 9.17) is 0 Å². The minimum absolute atomic E-state index is 0. The van der Waals surface area contributed by atoms with Crippen LogP contribution >= 0.6 is 22.1 Å². The number of rotatable bonds is 12. The van der Waals surface area contributed by atoms with Gasteiger partial charge in [-0.25, -0.2) is 0 Å². The van der Waals surface area contributed by atoms with Gasteiger partial charge in [0.15, 0.2) is 0 Å². The Morgan fingerprint density at radius 2 is 0.676 bits per heavy atom. The van der Waals surface area contributed by atoms with Crippen LogP contribution in [-0.2, 0) is 30.8 Å². The standard InChI is InChI=1S/3C9H19O2P.Fe/c3*1-2-12(10,11)8-7-9-5-3-4-6-9;/h3*9H,2-8H2,1H3,(H,10,11);/q;;;+3/p-3. The quantitative estimate of drug-likeness (QED) is 0.177. The third-order valence-corrected chi connectivity index (χ3v) is 14.2. The summed E-state index contributed by atoms with van der Waals surface area (Å²) in [5, 5.41) is 0. The summed E-state index contributed by atoms with van der Waals surface area (Å²) in [6.07, 6.45) is 20.4. The molecule has 0 spiro atoms. The number of hydrogen-bond acceptors (Lipinski definition) is 6. The van der Waals surface area contributed by atoms with E-state index in [0.29, 0.717) is 54.7 Å². The molecule has 3 aliphatic rings. The zero-order chi connectivity index (χ0) is 27.1. The first-order chi connectivity index (χ1) is 16.9. The van der Waals surface area contributed by atoms with Crippen molar-refractivity contribution in [2.45, 2.75) is 117 Å². The first kappa shape index (κ1) is 38.1. The molecule has 3 fully saturated rings. The van der Waals surface area contributed by atoms with Gasteiger partial charge in [-0.2, -0.15) is 0 Å². The molecule has 0 aromatic carbocycles. The second kappa shape index (κ2) is 20.0. The smallest absolute Gasteiger partial charge is 0.799 e. The van der Waals surface area contributed by atoms with Gasteiger partial charge in [0.05, 0.1) is 0 Å². The predicted octanol–water partition coefficient (Wildman–Crippen LogP) is 6.67. The van der Waals surface area contributed by atoms with Crippen molar-refractivity contribution in [2.75, 3.05) is 37.0 Å². The van der Waals surface area contributed by atoms with E-state index in [1.165, 1.54) is 77.0 Å². The molecule has 1 radical (unpaired) electrons. The topological polar surface area (TPSA) is 120 Å².